The maximum atomic E-state index is 12.2. The Morgan fingerprint density at radius 1 is 1.33 bits per heavy atom. The Kier molecular flexibility index (Phi) is 4.61. The predicted molar refractivity (Wildman–Crippen MR) is 82.1 cm³/mol. The lowest BCUT2D eigenvalue weighted by atomic mass is 10.2. The standard InChI is InChI=1S/C11H15N3O4S3/c12-11(19)10-2-1-9(7-13-10)21(17,18)14-8-3-5-20(15,16)6-4-8/h1-2,7-8,14H,3-6H2,(H2,12,19). The van der Waals surface area contributed by atoms with Crippen LogP contribution in [0.25, 0.3) is 0 Å². The van der Waals surface area contributed by atoms with Gasteiger partial charge in [-0.15, -0.1) is 0 Å². The normalized spacial score (nSPS) is 19.2. The second-order valence-electron chi connectivity index (χ2n) is 4.79. The van der Waals surface area contributed by atoms with Gasteiger partial charge in [0.05, 0.1) is 17.2 Å². The molecule has 0 atom stereocenters. The largest absolute Gasteiger partial charge is 0.388 e. The first-order chi connectivity index (χ1) is 9.70. The number of hydrogen-bond acceptors (Lipinski definition) is 6. The first-order valence-corrected chi connectivity index (χ1v) is 9.89. The van der Waals surface area contributed by atoms with Crippen molar-refractivity contribution >= 4 is 37.1 Å². The van der Waals surface area contributed by atoms with Crippen molar-refractivity contribution in [1.29, 1.82) is 0 Å². The van der Waals surface area contributed by atoms with Gasteiger partial charge in [0.15, 0.2) is 0 Å². The van der Waals surface area contributed by atoms with E-state index in [1.807, 2.05) is 0 Å². The summed E-state index contributed by atoms with van der Waals surface area (Å²) < 4.78 is 49.5. The second-order valence-corrected chi connectivity index (χ2v) is 9.25. The third-order valence-corrected chi connectivity index (χ3v) is 6.61. The summed E-state index contributed by atoms with van der Waals surface area (Å²) in [6, 6.07) is 2.42. The minimum absolute atomic E-state index is 0.00117. The molecule has 0 spiro atoms. The Balaban J connectivity index is 2.10. The molecule has 0 saturated carbocycles. The van der Waals surface area contributed by atoms with Crippen LogP contribution in [-0.2, 0) is 19.9 Å². The molecule has 1 aromatic heterocycles. The van der Waals surface area contributed by atoms with Crippen LogP contribution < -0.4 is 10.5 Å². The Morgan fingerprint density at radius 3 is 2.43 bits per heavy atom. The summed E-state index contributed by atoms with van der Waals surface area (Å²) in [5, 5.41) is 0. The van der Waals surface area contributed by atoms with Crippen LogP contribution in [0.2, 0.25) is 0 Å². The SMILES string of the molecule is NC(=S)c1ccc(S(=O)(=O)NC2CCS(=O)(=O)CC2)cn1. The molecule has 10 heteroatoms. The van der Waals surface area contributed by atoms with Crippen LogP contribution >= 0.6 is 12.2 Å². The highest BCUT2D eigenvalue weighted by molar-refractivity contribution is 7.91. The topological polar surface area (TPSA) is 119 Å². The van der Waals surface area contributed by atoms with Gasteiger partial charge >= 0.3 is 0 Å². The predicted octanol–water partition coefficient (Wildman–Crippen LogP) is -0.429. The molecule has 0 aromatic carbocycles. The fraction of sp³-hybridized carbons (Fsp3) is 0.455. The Bertz CT molecular complexity index is 727. The van der Waals surface area contributed by atoms with Crippen molar-refractivity contribution in [1.82, 2.24) is 9.71 Å². The van der Waals surface area contributed by atoms with Crippen molar-refractivity contribution in [2.75, 3.05) is 11.5 Å². The minimum Gasteiger partial charge on any atom is -0.388 e. The number of rotatable bonds is 4. The van der Waals surface area contributed by atoms with Crippen LogP contribution in [0.3, 0.4) is 0 Å². The van der Waals surface area contributed by atoms with E-state index in [0.717, 1.165) is 0 Å². The third kappa shape index (κ3) is 4.19. The molecule has 1 aliphatic rings. The molecular formula is C11H15N3O4S3. The van der Waals surface area contributed by atoms with Gasteiger partial charge in [-0.25, -0.2) is 21.6 Å². The molecule has 0 radical (unpaired) electrons. The number of sulfone groups is 1. The summed E-state index contributed by atoms with van der Waals surface area (Å²) >= 11 is 4.74. The number of aromatic nitrogens is 1. The van der Waals surface area contributed by atoms with Gasteiger partial charge in [-0.05, 0) is 25.0 Å². The minimum atomic E-state index is -3.73. The average molecular weight is 349 g/mol. The zero-order valence-corrected chi connectivity index (χ0v) is 13.5. The van der Waals surface area contributed by atoms with Crippen molar-refractivity contribution in [3.05, 3.63) is 24.0 Å². The fourth-order valence-electron chi connectivity index (χ4n) is 1.98. The number of nitrogens with zero attached hydrogens (tertiary/aromatic N) is 1. The first-order valence-electron chi connectivity index (χ1n) is 6.18. The maximum absolute atomic E-state index is 12.2. The Labute approximate surface area is 128 Å². The van der Waals surface area contributed by atoms with Gasteiger partial charge < -0.3 is 5.73 Å². The van der Waals surface area contributed by atoms with E-state index in [9.17, 15) is 16.8 Å². The summed E-state index contributed by atoms with van der Waals surface area (Å²) in [4.78, 5) is 3.96. The van der Waals surface area contributed by atoms with Crippen LogP contribution in [0, 0.1) is 0 Å². The lowest BCUT2D eigenvalue weighted by Crippen LogP contribution is -2.40. The van der Waals surface area contributed by atoms with Crippen molar-refractivity contribution < 1.29 is 16.8 Å². The molecule has 0 unspecified atom stereocenters. The quantitative estimate of drug-likeness (QED) is 0.708. The maximum Gasteiger partial charge on any atom is 0.242 e. The number of thiocarbonyl (C=S) groups is 1. The van der Waals surface area contributed by atoms with E-state index in [1.165, 1.54) is 18.3 Å². The third-order valence-electron chi connectivity index (χ3n) is 3.18. The number of hydrogen-bond donors (Lipinski definition) is 2. The summed E-state index contributed by atoms with van der Waals surface area (Å²) in [5.74, 6) is -0.00234. The van der Waals surface area contributed by atoms with Gasteiger partial charge in [-0.3, -0.25) is 4.98 Å². The van der Waals surface area contributed by atoms with Crippen LogP contribution in [0.1, 0.15) is 18.5 Å². The molecule has 2 heterocycles. The first kappa shape index (κ1) is 16.3. The molecule has 7 nitrogen and oxygen atoms in total. The highest BCUT2D eigenvalue weighted by Crippen LogP contribution is 2.16. The average Bonchev–Trinajstić information content (AvgIpc) is 2.41. The molecule has 1 saturated heterocycles. The molecule has 0 bridgehead atoms. The van der Waals surface area contributed by atoms with Gasteiger partial charge in [-0.2, -0.15) is 0 Å². The van der Waals surface area contributed by atoms with E-state index in [1.54, 1.807) is 0 Å². The van der Waals surface area contributed by atoms with E-state index in [-0.39, 0.29) is 40.3 Å². The lowest BCUT2D eigenvalue weighted by Gasteiger charge is -2.22. The highest BCUT2D eigenvalue weighted by atomic mass is 32.2. The Hall–Kier alpha value is -1.10. The number of nitrogens with two attached hydrogens (primary N) is 1. The Morgan fingerprint density at radius 2 is 1.95 bits per heavy atom. The van der Waals surface area contributed by atoms with Crippen LogP contribution in [-0.4, -0.2) is 44.4 Å². The summed E-state index contributed by atoms with van der Waals surface area (Å²) in [6.07, 6.45) is 1.73. The van der Waals surface area contributed by atoms with Crippen LogP contribution in [0.4, 0.5) is 0 Å². The zero-order valence-electron chi connectivity index (χ0n) is 11.0. The number of sulfonamides is 1. The molecule has 116 valence electrons. The second kappa shape index (κ2) is 5.95. The molecule has 3 N–H and O–H groups in total. The van der Waals surface area contributed by atoms with Gasteiger partial charge in [0.25, 0.3) is 0 Å². The number of pyridine rings is 1. The summed E-state index contributed by atoms with van der Waals surface area (Å²) in [5.41, 5.74) is 5.74. The van der Waals surface area contributed by atoms with Crippen LogP contribution in [0.15, 0.2) is 23.2 Å². The van der Waals surface area contributed by atoms with E-state index >= 15 is 0 Å². The molecule has 21 heavy (non-hydrogen) atoms. The van der Waals surface area contributed by atoms with E-state index in [4.69, 9.17) is 18.0 Å². The van der Waals surface area contributed by atoms with Gasteiger partial charge in [0.2, 0.25) is 10.0 Å². The molecule has 0 amide bonds. The van der Waals surface area contributed by atoms with E-state index < -0.39 is 19.9 Å². The monoisotopic (exact) mass is 349 g/mol. The van der Waals surface area contributed by atoms with Crippen molar-refractivity contribution in [3.8, 4) is 0 Å². The molecule has 0 aliphatic carbocycles. The zero-order chi connectivity index (χ0) is 15.7. The van der Waals surface area contributed by atoms with E-state index in [2.05, 4.69) is 9.71 Å². The molecule has 2 rings (SSSR count). The van der Waals surface area contributed by atoms with Gasteiger partial charge in [-0.1, -0.05) is 12.2 Å². The number of nitrogens with one attached hydrogen (secondary N) is 1. The molecular weight excluding hydrogens is 334 g/mol. The van der Waals surface area contributed by atoms with Gasteiger partial charge in [0.1, 0.15) is 19.7 Å². The lowest BCUT2D eigenvalue weighted by molar-refractivity contribution is 0.505. The molecule has 1 aromatic rings. The smallest absolute Gasteiger partial charge is 0.242 e. The van der Waals surface area contributed by atoms with Crippen molar-refractivity contribution in [2.45, 2.75) is 23.8 Å². The molecule has 1 aliphatic heterocycles. The highest BCUT2D eigenvalue weighted by Gasteiger charge is 2.27. The molecule has 1 fully saturated rings. The van der Waals surface area contributed by atoms with Crippen LogP contribution in [0.5, 0.6) is 0 Å². The van der Waals surface area contributed by atoms with Crippen molar-refractivity contribution in [2.24, 2.45) is 5.73 Å². The van der Waals surface area contributed by atoms with Crippen molar-refractivity contribution in [3.63, 3.8) is 0 Å². The summed E-state index contributed by atoms with van der Waals surface area (Å²) in [6.45, 7) is 0. The van der Waals surface area contributed by atoms with E-state index in [0.29, 0.717) is 5.69 Å². The fourth-order valence-corrected chi connectivity index (χ4v) is 4.84. The summed E-state index contributed by atoms with van der Waals surface area (Å²) in [7, 11) is -6.76. The van der Waals surface area contributed by atoms with Gasteiger partial charge in [0, 0.05) is 12.2 Å².